The van der Waals surface area contributed by atoms with E-state index in [1.807, 2.05) is 23.9 Å². The molecule has 1 aromatic carbocycles. The second-order valence-electron chi connectivity index (χ2n) is 8.62. The molecule has 1 amide bonds. The number of nitrogens with zero attached hydrogens (tertiary/aromatic N) is 4. The second-order valence-corrected chi connectivity index (χ2v) is 9.47. The third-order valence-electron chi connectivity index (χ3n) is 5.93. The molecule has 1 aliphatic rings. The summed E-state index contributed by atoms with van der Waals surface area (Å²) >= 11 is 3.69. The number of aromatic nitrogens is 2. The maximum absolute atomic E-state index is 12.7. The lowest BCUT2D eigenvalue weighted by Gasteiger charge is -2.32. The standard InChI is InChI=1S/C22H32BrN5O.C2HF3O2/c1-5-20-18(21(6-2)27(4)25-20)14-22(29)24-17-8-7-16(19(23)13-17)15-28-11-9-26(3)10-12-28;3-2(4,5)1(6)7/h7-8,13H,5-6,9-12,14-15H2,1-4H3,(H,24,29);(H,6,7). The molecule has 200 valence electrons. The molecule has 3 rings (SSSR count). The zero-order valence-corrected chi connectivity index (χ0v) is 22.5. The van der Waals surface area contributed by atoms with Gasteiger partial charge in [0.05, 0.1) is 12.1 Å². The van der Waals surface area contributed by atoms with E-state index in [0.29, 0.717) is 6.42 Å². The van der Waals surface area contributed by atoms with Crippen molar-refractivity contribution in [2.75, 3.05) is 38.5 Å². The molecular formula is C24H33BrF3N5O3. The Morgan fingerprint density at radius 1 is 1.11 bits per heavy atom. The van der Waals surface area contributed by atoms with E-state index >= 15 is 0 Å². The normalized spacial score (nSPS) is 14.8. The van der Waals surface area contributed by atoms with Gasteiger partial charge in [0.2, 0.25) is 5.91 Å². The first-order valence-electron chi connectivity index (χ1n) is 11.7. The molecule has 1 fully saturated rings. The Hall–Kier alpha value is -2.44. The first-order chi connectivity index (χ1) is 16.8. The van der Waals surface area contributed by atoms with Crippen LogP contribution in [0.25, 0.3) is 0 Å². The SMILES string of the molecule is CCc1nn(C)c(CC)c1CC(=O)Nc1ccc(CN2CCN(C)CC2)c(Br)c1.O=C(O)C(F)(F)F. The zero-order chi connectivity index (χ0) is 27.0. The Morgan fingerprint density at radius 2 is 1.72 bits per heavy atom. The molecule has 2 N–H and O–H groups in total. The Kier molecular flexibility index (Phi) is 10.9. The molecule has 1 saturated heterocycles. The number of hydrogen-bond donors (Lipinski definition) is 2. The minimum Gasteiger partial charge on any atom is -0.475 e. The van der Waals surface area contributed by atoms with E-state index < -0.39 is 12.1 Å². The highest BCUT2D eigenvalue weighted by atomic mass is 79.9. The van der Waals surface area contributed by atoms with E-state index in [1.54, 1.807) is 0 Å². The van der Waals surface area contributed by atoms with Crippen LogP contribution in [0.4, 0.5) is 18.9 Å². The van der Waals surface area contributed by atoms with Gasteiger partial charge >= 0.3 is 12.1 Å². The van der Waals surface area contributed by atoms with E-state index in [4.69, 9.17) is 9.90 Å². The van der Waals surface area contributed by atoms with Gasteiger partial charge < -0.3 is 15.3 Å². The van der Waals surface area contributed by atoms with Crippen LogP contribution in [-0.4, -0.2) is 76.0 Å². The van der Waals surface area contributed by atoms with Crippen molar-refractivity contribution in [3.63, 3.8) is 0 Å². The van der Waals surface area contributed by atoms with E-state index in [-0.39, 0.29) is 5.91 Å². The molecule has 36 heavy (non-hydrogen) atoms. The van der Waals surface area contributed by atoms with E-state index in [2.05, 4.69) is 63.1 Å². The molecule has 1 aliphatic heterocycles. The van der Waals surface area contributed by atoms with Crippen molar-refractivity contribution in [2.24, 2.45) is 7.05 Å². The molecule has 1 aromatic heterocycles. The first kappa shape index (κ1) is 29.8. The van der Waals surface area contributed by atoms with Crippen LogP contribution in [0.2, 0.25) is 0 Å². The van der Waals surface area contributed by atoms with Crippen molar-refractivity contribution in [3.8, 4) is 0 Å². The number of hydrogen-bond acceptors (Lipinski definition) is 5. The van der Waals surface area contributed by atoms with Crippen LogP contribution in [0.15, 0.2) is 22.7 Å². The maximum Gasteiger partial charge on any atom is 0.490 e. The highest BCUT2D eigenvalue weighted by molar-refractivity contribution is 9.10. The number of anilines is 1. The van der Waals surface area contributed by atoms with Gasteiger partial charge in [-0.1, -0.05) is 35.8 Å². The summed E-state index contributed by atoms with van der Waals surface area (Å²) in [6.07, 6.45) is -3.01. The molecule has 0 bridgehead atoms. The topological polar surface area (TPSA) is 90.7 Å². The van der Waals surface area contributed by atoms with Gasteiger partial charge in [-0.05, 0) is 37.6 Å². The average molecular weight is 576 g/mol. The maximum atomic E-state index is 12.7. The zero-order valence-electron chi connectivity index (χ0n) is 21.0. The van der Waals surface area contributed by atoms with Crippen LogP contribution in [0.5, 0.6) is 0 Å². The van der Waals surface area contributed by atoms with Crippen molar-refractivity contribution in [1.29, 1.82) is 0 Å². The largest absolute Gasteiger partial charge is 0.490 e. The quantitative estimate of drug-likeness (QED) is 0.521. The fourth-order valence-corrected chi connectivity index (χ4v) is 4.46. The number of halogens is 4. The summed E-state index contributed by atoms with van der Waals surface area (Å²) in [6, 6.07) is 6.11. The lowest BCUT2D eigenvalue weighted by atomic mass is 10.1. The monoisotopic (exact) mass is 575 g/mol. The molecule has 0 saturated carbocycles. The van der Waals surface area contributed by atoms with Crippen LogP contribution in [0.3, 0.4) is 0 Å². The summed E-state index contributed by atoms with van der Waals surface area (Å²) in [5.74, 6) is -2.76. The second kappa shape index (κ2) is 13.2. The minimum absolute atomic E-state index is 0.00103. The van der Waals surface area contributed by atoms with Crippen LogP contribution >= 0.6 is 15.9 Å². The number of amides is 1. The molecule has 0 atom stereocenters. The fraction of sp³-hybridized carbons (Fsp3) is 0.542. The summed E-state index contributed by atoms with van der Waals surface area (Å²) in [5.41, 5.74) is 5.30. The van der Waals surface area contributed by atoms with Gasteiger partial charge in [0.25, 0.3) is 0 Å². The van der Waals surface area contributed by atoms with Crippen LogP contribution < -0.4 is 5.32 Å². The van der Waals surface area contributed by atoms with Crippen LogP contribution in [0.1, 0.15) is 36.4 Å². The molecule has 2 aromatic rings. The smallest absolute Gasteiger partial charge is 0.475 e. The van der Waals surface area contributed by atoms with Crippen molar-refractivity contribution >= 4 is 33.5 Å². The van der Waals surface area contributed by atoms with Gasteiger partial charge in [-0.3, -0.25) is 14.4 Å². The summed E-state index contributed by atoms with van der Waals surface area (Å²) in [6.45, 7) is 9.52. The van der Waals surface area contributed by atoms with E-state index in [0.717, 1.165) is 72.7 Å². The highest BCUT2D eigenvalue weighted by Crippen LogP contribution is 2.24. The lowest BCUT2D eigenvalue weighted by Crippen LogP contribution is -2.43. The average Bonchev–Trinajstić information content (AvgIpc) is 3.10. The van der Waals surface area contributed by atoms with Crippen molar-refractivity contribution in [1.82, 2.24) is 19.6 Å². The van der Waals surface area contributed by atoms with Crippen molar-refractivity contribution in [3.05, 3.63) is 45.2 Å². The molecule has 0 unspecified atom stereocenters. The van der Waals surface area contributed by atoms with Crippen LogP contribution in [0, 0.1) is 0 Å². The number of piperazine rings is 1. The van der Waals surface area contributed by atoms with Crippen LogP contribution in [-0.2, 0) is 42.4 Å². The molecule has 8 nitrogen and oxygen atoms in total. The lowest BCUT2D eigenvalue weighted by molar-refractivity contribution is -0.192. The van der Waals surface area contributed by atoms with Gasteiger partial charge in [0.15, 0.2) is 0 Å². The predicted molar refractivity (Wildman–Crippen MR) is 135 cm³/mol. The number of aryl methyl sites for hydroxylation is 2. The molecule has 12 heteroatoms. The highest BCUT2D eigenvalue weighted by Gasteiger charge is 2.38. The minimum atomic E-state index is -5.08. The number of carboxylic acids is 1. The van der Waals surface area contributed by atoms with Gasteiger partial charge in [0, 0.05) is 61.2 Å². The number of likely N-dealkylation sites (N-methyl/N-ethyl adjacent to an activating group) is 1. The molecule has 2 heterocycles. The summed E-state index contributed by atoms with van der Waals surface area (Å²) in [5, 5.41) is 14.7. The number of alkyl halides is 3. The summed E-state index contributed by atoms with van der Waals surface area (Å²) in [4.78, 5) is 26.4. The Morgan fingerprint density at radius 3 is 2.22 bits per heavy atom. The number of rotatable bonds is 7. The molecule has 0 spiro atoms. The Bertz CT molecular complexity index is 1050. The number of nitrogens with one attached hydrogen (secondary N) is 1. The molecular weight excluding hydrogens is 543 g/mol. The van der Waals surface area contributed by atoms with Crippen molar-refractivity contribution < 1.29 is 27.9 Å². The predicted octanol–water partition coefficient (Wildman–Crippen LogP) is 3.87. The fourth-order valence-electron chi connectivity index (χ4n) is 3.96. The van der Waals surface area contributed by atoms with Crippen molar-refractivity contribution in [2.45, 2.75) is 45.8 Å². The number of benzene rings is 1. The van der Waals surface area contributed by atoms with Gasteiger partial charge in [0.1, 0.15) is 0 Å². The number of carbonyl (C=O) groups is 2. The third kappa shape index (κ3) is 8.59. The summed E-state index contributed by atoms with van der Waals surface area (Å²) in [7, 11) is 4.12. The third-order valence-corrected chi connectivity index (χ3v) is 6.67. The van der Waals surface area contributed by atoms with E-state index in [1.165, 1.54) is 5.56 Å². The van der Waals surface area contributed by atoms with Gasteiger partial charge in [-0.2, -0.15) is 18.3 Å². The number of carbonyl (C=O) groups excluding carboxylic acids is 1. The number of carboxylic acid groups (broad SMARTS) is 1. The number of aliphatic carboxylic acids is 1. The first-order valence-corrected chi connectivity index (χ1v) is 12.5. The van der Waals surface area contributed by atoms with Gasteiger partial charge in [-0.15, -0.1) is 0 Å². The van der Waals surface area contributed by atoms with Gasteiger partial charge in [-0.25, -0.2) is 4.79 Å². The Balaban J connectivity index is 0.000000572. The molecule has 0 radical (unpaired) electrons. The summed E-state index contributed by atoms with van der Waals surface area (Å²) < 4.78 is 34.7. The Labute approximate surface area is 217 Å². The molecule has 0 aliphatic carbocycles. The van der Waals surface area contributed by atoms with E-state index in [9.17, 15) is 18.0 Å².